The molecule has 4 nitrogen and oxygen atoms in total. The number of piperidine rings is 1. The van der Waals surface area contributed by atoms with Crippen molar-refractivity contribution < 1.29 is 14.0 Å². The predicted molar refractivity (Wildman–Crippen MR) is 128 cm³/mol. The molecule has 0 bridgehead atoms. The van der Waals surface area contributed by atoms with E-state index in [9.17, 15) is 14.0 Å². The Morgan fingerprint density at radius 1 is 0.848 bits per heavy atom. The summed E-state index contributed by atoms with van der Waals surface area (Å²) >= 11 is 0. The Bertz CT molecular complexity index is 1190. The van der Waals surface area contributed by atoms with Gasteiger partial charge in [-0.2, -0.15) is 0 Å². The van der Waals surface area contributed by atoms with Crippen LogP contribution in [0.25, 0.3) is 10.8 Å². The van der Waals surface area contributed by atoms with E-state index in [4.69, 9.17) is 0 Å². The first-order chi connectivity index (χ1) is 16.1. The lowest BCUT2D eigenvalue weighted by molar-refractivity contribution is 0.0392. The van der Waals surface area contributed by atoms with Gasteiger partial charge in [0.25, 0.3) is 11.8 Å². The Hall–Kier alpha value is -3.21. The third-order valence-corrected chi connectivity index (χ3v) is 7.30. The monoisotopic (exact) mass is 444 g/mol. The first-order valence-corrected chi connectivity index (χ1v) is 12.0. The highest BCUT2D eigenvalue weighted by atomic mass is 19.1. The fourth-order valence-corrected chi connectivity index (χ4v) is 5.63. The summed E-state index contributed by atoms with van der Waals surface area (Å²) in [6.45, 7) is 0.913. The number of benzene rings is 3. The molecule has 2 fully saturated rings. The van der Waals surface area contributed by atoms with Crippen LogP contribution in [0.2, 0.25) is 0 Å². The average Bonchev–Trinajstić information content (AvgIpc) is 2.86. The minimum absolute atomic E-state index is 0.0705. The van der Waals surface area contributed by atoms with Crippen molar-refractivity contribution in [2.24, 2.45) is 5.92 Å². The van der Waals surface area contributed by atoms with Gasteiger partial charge in [-0.25, -0.2) is 4.39 Å². The summed E-state index contributed by atoms with van der Waals surface area (Å²) in [6, 6.07) is 17.8. The van der Waals surface area contributed by atoms with Crippen molar-refractivity contribution in [3.63, 3.8) is 0 Å². The molecule has 33 heavy (non-hydrogen) atoms. The van der Waals surface area contributed by atoms with E-state index in [1.165, 1.54) is 31.7 Å². The van der Waals surface area contributed by atoms with Crippen molar-refractivity contribution in [1.82, 2.24) is 10.2 Å². The van der Waals surface area contributed by atoms with Crippen LogP contribution in [0.1, 0.15) is 64.8 Å². The molecule has 2 aliphatic rings. The van der Waals surface area contributed by atoms with Crippen LogP contribution in [-0.2, 0) is 6.54 Å². The molecule has 1 aliphatic carbocycles. The van der Waals surface area contributed by atoms with E-state index >= 15 is 0 Å². The lowest BCUT2D eigenvalue weighted by Gasteiger charge is -2.44. The van der Waals surface area contributed by atoms with E-state index in [-0.39, 0.29) is 24.2 Å². The summed E-state index contributed by atoms with van der Waals surface area (Å²) in [5, 5.41) is 4.36. The van der Waals surface area contributed by atoms with Gasteiger partial charge >= 0.3 is 0 Å². The molecule has 1 aliphatic heterocycles. The van der Waals surface area contributed by atoms with Gasteiger partial charge in [-0.15, -0.1) is 0 Å². The minimum Gasteiger partial charge on any atom is -0.348 e. The van der Waals surface area contributed by atoms with Crippen LogP contribution in [0.4, 0.5) is 4.39 Å². The van der Waals surface area contributed by atoms with Crippen molar-refractivity contribution in [2.75, 3.05) is 6.54 Å². The van der Waals surface area contributed by atoms with Gasteiger partial charge in [0.05, 0.1) is 0 Å². The van der Waals surface area contributed by atoms with E-state index < -0.39 is 0 Å². The Morgan fingerprint density at radius 3 is 2.33 bits per heavy atom. The Kier molecular flexibility index (Phi) is 6.12. The van der Waals surface area contributed by atoms with Crippen LogP contribution in [-0.4, -0.2) is 29.3 Å². The number of amides is 2. The normalized spacial score (nSPS) is 20.3. The van der Waals surface area contributed by atoms with Crippen molar-refractivity contribution in [2.45, 2.75) is 51.1 Å². The van der Waals surface area contributed by atoms with Crippen LogP contribution in [0.3, 0.4) is 0 Å². The van der Waals surface area contributed by atoms with Gasteiger partial charge in [-0.05, 0) is 60.6 Å². The number of nitrogens with zero attached hydrogens (tertiary/aromatic N) is 1. The molecule has 3 aromatic rings. The zero-order valence-corrected chi connectivity index (χ0v) is 18.7. The van der Waals surface area contributed by atoms with Gasteiger partial charge in [0.1, 0.15) is 5.82 Å². The fraction of sp³-hybridized carbons (Fsp3) is 0.357. The first-order valence-electron chi connectivity index (χ1n) is 12.0. The van der Waals surface area contributed by atoms with Crippen molar-refractivity contribution >= 4 is 22.6 Å². The smallest absolute Gasteiger partial charge is 0.254 e. The quantitative estimate of drug-likeness (QED) is 0.561. The van der Waals surface area contributed by atoms with Gasteiger partial charge in [-0.3, -0.25) is 9.59 Å². The lowest BCUT2D eigenvalue weighted by Crippen LogP contribution is -2.49. The Morgan fingerprint density at radius 2 is 1.52 bits per heavy atom. The van der Waals surface area contributed by atoms with Crippen LogP contribution in [0.15, 0.2) is 60.7 Å². The van der Waals surface area contributed by atoms with Crippen LogP contribution in [0.5, 0.6) is 0 Å². The molecule has 2 atom stereocenters. The highest BCUT2D eigenvalue weighted by Crippen LogP contribution is 2.36. The van der Waals surface area contributed by atoms with Crippen LogP contribution >= 0.6 is 0 Å². The predicted octanol–water partition coefficient (Wildman–Crippen LogP) is 5.70. The number of likely N-dealkylation sites (tertiary alicyclic amines) is 1. The molecule has 0 radical (unpaired) electrons. The molecule has 1 saturated heterocycles. The summed E-state index contributed by atoms with van der Waals surface area (Å²) in [5.74, 6) is 0.0668. The molecule has 0 spiro atoms. The van der Waals surface area contributed by atoms with E-state index in [0.29, 0.717) is 28.7 Å². The zero-order valence-electron chi connectivity index (χ0n) is 18.7. The molecule has 1 heterocycles. The summed E-state index contributed by atoms with van der Waals surface area (Å²) < 4.78 is 13.9. The highest BCUT2D eigenvalue weighted by Gasteiger charge is 2.36. The maximum Gasteiger partial charge on any atom is 0.254 e. The average molecular weight is 445 g/mol. The maximum absolute atomic E-state index is 13.9. The zero-order chi connectivity index (χ0) is 22.8. The first kappa shape index (κ1) is 21.6. The number of nitrogens with one attached hydrogen (secondary N) is 1. The van der Waals surface area contributed by atoms with Crippen molar-refractivity contribution in [3.8, 4) is 0 Å². The minimum atomic E-state index is -0.342. The van der Waals surface area contributed by atoms with Gasteiger partial charge in [0.2, 0.25) is 0 Å². The largest absolute Gasteiger partial charge is 0.348 e. The van der Waals surface area contributed by atoms with E-state index in [2.05, 4.69) is 10.2 Å². The number of carbonyl (C=O) groups excluding carboxylic acids is 2. The second-order valence-corrected chi connectivity index (χ2v) is 9.23. The Labute approximate surface area is 193 Å². The molecule has 170 valence electrons. The van der Waals surface area contributed by atoms with E-state index in [1.54, 1.807) is 30.3 Å². The third-order valence-electron chi connectivity index (χ3n) is 7.30. The molecule has 0 aromatic heterocycles. The second-order valence-electron chi connectivity index (χ2n) is 9.23. The summed E-state index contributed by atoms with van der Waals surface area (Å²) in [5.41, 5.74) is 1.59. The molecule has 2 amide bonds. The van der Waals surface area contributed by atoms with Gasteiger partial charge in [0.15, 0.2) is 0 Å². The lowest BCUT2D eigenvalue weighted by atomic mass is 9.78. The topological polar surface area (TPSA) is 49.4 Å². The summed E-state index contributed by atoms with van der Waals surface area (Å²) in [4.78, 5) is 28.8. The molecule has 0 unspecified atom stereocenters. The molecule has 3 aromatic carbocycles. The number of hydrogen-bond donors (Lipinski definition) is 1. The molecular weight excluding hydrogens is 415 g/mol. The Balaban J connectivity index is 1.42. The van der Waals surface area contributed by atoms with Crippen LogP contribution in [0, 0.1) is 11.7 Å². The molecule has 5 heteroatoms. The van der Waals surface area contributed by atoms with Crippen molar-refractivity contribution in [1.29, 1.82) is 0 Å². The number of hydrogen-bond acceptors (Lipinski definition) is 2. The van der Waals surface area contributed by atoms with Gasteiger partial charge in [0, 0.05) is 35.8 Å². The fourth-order valence-electron chi connectivity index (χ4n) is 5.63. The van der Waals surface area contributed by atoms with Gasteiger partial charge < -0.3 is 10.2 Å². The summed E-state index contributed by atoms with van der Waals surface area (Å²) in [7, 11) is 0. The third kappa shape index (κ3) is 4.24. The SMILES string of the molecule is O=C(NCc1ccccc1F)c1ccc(C(=O)N2CCC[C@@H]3CCCC[C@@H]32)c2ccccc12. The van der Waals surface area contributed by atoms with Crippen molar-refractivity contribution in [3.05, 3.63) is 83.2 Å². The molecule has 5 rings (SSSR count). The molecule has 1 N–H and O–H groups in total. The number of halogens is 1. The standard InChI is InChI=1S/C28H29FN2O2/c29-25-13-5-1-9-20(25)18-30-27(32)23-15-16-24(22-12-4-3-11-21(22)23)28(33)31-17-7-10-19-8-2-6-14-26(19)31/h1,3-5,9,11-13,15-16,19,26H,2,6-8,10,14,17-18H2,(H,30,32)/t19-,26-/m0/s1. The molecular formula is C28H29FN2O2. The molecule has 1 saturated carbocycles. The van der Waals surface area contributed by atoms with E-state index in [0.717, 1.165) is 30.2 Å². The number of carbonyl (C=O) groups is 2. The number of rotatable bonds is 4. The highest BCUT2D eigenvalue weighted by molar-refractivity contribution is 6.14. The van der Waals surface area contributed by atoms with Crippen LogP contribution < -0.4 is 5.32 Å². The summed E-state index contributed by atoms with van der Waals surface area (Å²) in [6.07, 6.45) is 7.04. The van der Waals surface area contributed by atoms with Gasteiger partial charge in [-0.1, -0.05) is 55.3 Å². The maximum atomic E-state index is 13.9. The second kappa shape index (κ2) is 9.34. The number of fused-ring (bicyclic) bond motifs is 2. The van der Waals surface area contributed by atoms with E-state index in [1.807, 2.05) is 24.3 Å².